The fourth-order valence-corrected chi connectivity index (χ4v) is 2.15. The van der Waals surface area contributed by atoms with E-state index in [9.17, 15) is 4.79 Å². The zero-order chi connectivity index (χ0) is 11.5. The van der Waals surface area contributed by atoms with Crippen LogP contribution < -0.4 is 0 Å². The molecule has 4 nitrogen and oxygen atoms in total. The molecule has 0 spiro atoms. The van der Waals surface area contributed by atoms with Gasteiger partial charge in [0.15, 0.2) is 0 Å². The van der Waals surface area contributed by atoms with Crippen molar-refractivity contribution in [3.63, 3.8) is 0 Å². The molecule has 78 valence electrons. The van der Waals surface area contributed by atoms with Crippen molar-refractivity contribution in [1.29, 1.82) is 5.26 Å². The lowest BCUT2D eigenvalue weighted by molar-refractivity contribution is 0.0697. The molecule has 1 N–H and O–H groups in total. The van der Waals surface area contributed by atoms with Crippen LogP contribution in [0.15, 0.2) is 30.6 Å². The van der Waals surface area contributed by atoms with E-state index >= 15 is 0 Å². The zero-order valence-electron chi connectivity index (χ0n) is 8.04. The van der Waals surface area contributed by atoms with Crippen molar-refractivity contribution in [2.24, 2.45) is 0 Å². The number of hydrogen-bond acceptors (Lipinski definition) is 4. The summed E-state index contributed by atoms with van der Waals surface area (Å²) in [4.78, 5) is 16.2. The first-order chi connectivity index (χ1) is 7.72. The van der Waals surface area contributed by atoms with E-state index in [1.807, 2.05) is 6.07 Å². The number of carboxylic acid groups (broad SMARTS) is 1. The van der Waals surface area contributed by atoms with Crippen molar-refractivity contribution < 1.29 is 9.90 Å². The van der Waals surface area contributed by atoms with Crippen molar-refractivity contribution in [3.8, 4) is 16.5 Å². The molecule has 0 unspecified atom stereocenters. The highest BCUT2D eigenvalue weighted by atomic mass is 32.1. The predicted molar refractivity (Wildman–Crippen MR) is 59.2 cm³/mol. The summed E-state index contributed by atoms with van der Waals surface area (Å²) in [7, 11) is 0. The van der Waals surface area contributed by atoms with Crippen LogP contribution in [-0.2, 0) is 0 Å². The Hall–Kier alpha value is -2.19. The minimum atomic E-state index is -0.996. The molecule has 0 bridgehead atoms. The average molecular weight is 230 g/mol. The van der Waals surface area contributed by atoms with E-state index in [1.54, 1.807) is 12.1 Å². The SMILES string of the molecule is N#Cc1ccc(-c2cnccc2C(=O)O)s1. The number of nitriles is 1. The van der Waals surface area contributed by atoms with Crippen molar-refractivity contribution in [2.45, 2.75) is 0 Å². The van der Waals surface area contributed by atoms with Gasteiger partial charge < -0.3 is 5.11 Å². The Morgan fingerprint density at radius 2 is 2.25 bits per heavy atom. The quantitative estimate of drug-likeness (QED) is 0.859. The van der Waals surface area contributed by atoms with E-state index in [0.717, 1.165) is 4.88 Å². The fourth-order valence-electron chi connectivity index (χ4n) is 1.32. The Labute approximate surface area is 95.4 Å². The standard InChI is InChI=1S/C11H6N2O2S/c12-5-7-1-2-10(16-7)9-6-13-4-3-8(9)11(14)15/h1-4,6H,(H,14,15). The minimum Gasteiger partial charge on any atom is -0.478 e. The van der Waals surface area contributed by atoms with Crippen LogP contribution in [-0.4, -0.2) is 16.1 Å². The number of pyridine rings is 1. The summed E-state index contributed by atoms with van der Waals surface area (Å²) in [5, 5.41) is 17.7. The van der Waals surface area contributed by atoms with Crippen LogP contribution in [0.5, 0.6) is 0 Å². The summed E-state index contributed by atoms with van der Waals surface area (Å²) in [6, 6.07) is 6.86. The third kappa shape index (κ3) is 1.78. The number of hydrogen-bond donors (Lipinski definition) is 1. The Morgan fingerprint density at radius 1 is 1.44 bits per heavy atom. The molecule has 0 saturated carbocycles. The number of nitrogens with zero attached hydrogens (tertiary/aromatic N) is 2. The van der Waals surface area contributed by atoms with Crippen LogP contribution in [0.25, 0.3) is 10.4 Å². The van der Waals surface area contributed by atoms with Crippen molar-refractivity contribution in [2.75, 3.05) is 0 Å². The van der Waals surface area contributed by atoms with Gasteiger partial charge in [0.2, 0.25) is 0 Å². The molecule has 2 heterocycles. The third-order valence-electron chi connectivity index (χ3n) is 2.03. The van der Waals surface area contributed by atoms with Crippen molar-refractivity contribution in [3.05, 3.63) is 41.0 Å². The maximum absolute atomic E-state index is 11.0. The second kappa shape index (κ2) is 4.13. The van der Waals surface area contributed by atoms with Crippen LogP contribution in [0.1, 0.15) is 15.2 Å². The second-order valence-corrected chi connectivity index (χ2v) is 4.09. The molecular formula is C11H6N2O2S. The van der Waals surface area contributed by atoms with Gasteiger partial charge in [-0.15, -0.1) is 11.3 Å². The van der Waals surface area contributed by atoms with E-state index in [1.165, 1.54) is 29.8 Å². The van der Waals surface area contributed by atoms with Gasteiger partial charge in [0, 0.05) is 22.8 Å². The molecule has 0 aromatic carbocycles. The second-order valence-electron chi connectivity index (χ2n) is 3.00. The third-order valence-corrected chi connectivity index (χ3v) is 3.06. The lowest BCUT2D eigenvalue weighted by atomic mass is 10.1. The van der Waals surface area contributed by atoms with E-state index in [0.29, 0.717) is 10.4 Å². The van der Waals surface area contributed by atoms with Gasteiger partial charge in [-0.2, -0.15) is 5.26 Å². The lowest BCUT2D eigenvalue weighted by Gasteiger charge is -2.01. The molecule has 5 heteroatoms. The smallest absolute Gasteiger partial charge is 0.336 e. The van der Waals surface area contributed by atoms with E-state index in [2.05, 4.69) is 4.98 Å². The maximum atomic E-state index is 11.0. The van der Waals surface area contributed by atoms with Crippen molar-refractivity contribution in [1.82, 2.24) is 4.98 Å². The topological polar surface area (TPSA) is 74.0 Å². The van der Waals surface area contributed by atoms with Crippen molar-refractivity contribution >= 4 is 17.3 Å². The molecular weight excluding hydrogens is 224 g/mol. The zero-order valence-corrected chi connectivity index (χ0v) is 8.86. The van der Waals surface area contributed by atoms with Gasteiger partial charge in [0.1, 0.15) is 10.9 Å². The Kier molecular flexibility index (Phi) is 2.66. The van der Waals surface area contributed by atoms with E-state index in [-0.39, 0.29) is 5.56 Å². The van der Waals surface area contributed by atoms with Gasteiger partial charge in [-0.25, -0.2) is 4.79 Å². The molecule has 0 saturated heterocycles. The lowest BCUT2D eigenvalue weighted by Crippen LogP contribution is -1.98. The molecule has 2 rings (SSSR count). The summed E-state index contributed by atoms with van der Waals surface area (Å²) in [5.41, 5.74) is 0.739. The number of thiophene rings is 1. The molecule has 0 amide bonds. The highest BCUT2D eigenvalue weighted by Gasteiger charge is 2.12. The average Bonchev–Trinajstić information content (AvgIpc) is 2.77. The molecule has 2 aromatic heterocycles. The van der Waals surface area contributed by atoms with Gasteiger partial charge in [0.25, 0.3) is 0 Å². The summed E-state index contributed by atoms with van der Waals surface area (Å²) < 4.78 is 0. The summed E-state index contributed by atoms with van der Waals surface area (Å²) in [5.74, 6) is -0.996. The highest BCUT2D eigenvalue weighted by Crippen LogP contribution is 2.29. The number of carbonyl (C=O) groups is 1. The van der Waals surface area contributed by atoms with Gasteiger partial charge in [0.05, 0.1) is 5.56 Å². The Balaban J connectivity index is 2.56. The molecule has 2 aromatic rings. The van der Waals surface area contributed by atoms with E-state index < -0.39 is 5.97 Å². The monoisotopic (exact) mass is 230 g/mol. The summed E-state index contributed by atoms with van der Waals surface area (Å²) in [6.45, 7) is 0. The van der Waals surface area contributed by atoms with Gasteiger partial charge in [-0.1, -0.05) is 0 Å². The molecule has 16 heavy (non-hydrogen) atoms. The molecule has 0 aliphatic rings. The first-order valence-corrected chi connectivity index (χ1v) is 5.21. The molecule has 0 aliphatic heterocycles. The van der Waals surface area contributed by atoms with Crippen LogP contribution in [0.2, 0.25) is 0 Å². The van der Waals surface area contributed by atoms with Crippen LogP contribution in [0.3, 0.4) is 0 Å². The fraction of sp³-hybridized carbons (Fsp3) is 0. The van der Waals surface area contributed by atoms with Gasteiger partial charge in [-0.3, -0.25) is 4.98 Å². The Bertz CT molecular complexity index is 584. The number of rotatable bonds is 2. The first kappa shape index (κ1) is 10.3. The molecule has 0 radical (unpaired) electrons. The number of carboxylic acids is 1. The van der Waals surface area contributed by atoms with Gasteiger partial charge >= 0.3 is 5.97 Å². The van der Waals surface area contributed by atoms with Crippen LogP contribution in [0.4, 0.5) is 0 Å². The molecule has 0 fully saturated rings. The minimum absolute atomic E-state index is 0.196. The normalized spacial score (nSPS) is 9.69. The molecule has 0 atom stereocenters. The van der Waals surface area contributed by atoms with Gasteiger partial charge in [-0.05, 0) is 18.2 Å². The largest absolute Gasteiger partial charge is 0.478 e. The Morgan fingerprint density at radius 3 is 2.88 bits per heavy atom. The molecule has 0 aliphatic carbocycles. The predicted octanol–water partition coefficient (Wildman–Crippen LogP) is 2.38. The van der Waals surface area contributed by atoms with E-state index in [4.69, 9.17) is 10.4 Å². The van der Waals surface area contributed by atoms with Crippen LogP contribution in [0, 0.1) is 11.3 Å². The summed E-state index contributed by atoms with van der Waals surface area (Å²) >= 11 is 1.25. The summed E-state index contributed by atoms with van der Waals surface area (Å²) in [6.07, 6.45) is 2.93. The first-order valence-electron chi connectivity index (χ1n) is 4.40. The highest BCUT2D eigenvalue weighted by molar-refractivity contribution is 7.16. The maximum Gasteiger partial charge on any atom is 0.336 e. The number of aromatic carboxylic acids is 1. The number of aromatic nitrogens is 1. The van der Waals surface area contributed by atoms with Crippen LogP contribution >= 0.6 is 11.3 Å².